The van der Waals surface area contributed by atoms with Gasteiger partial charge in [-0.25, -0.2) is 0 Å². The van der Waals surface area contributed by atoms with E-state index in [1.807, 2.05) is 16.8 Å². The maximum atomic E-state index is 12.5. The van der Waals surface area contributed by atoms with Crippen LogP contribution in [0.4, 0.5) is 0 Å². The Labute approximate surface area is 133 Å². The number of carbonyl (C=O) groups excluding carboxylic acids is 1. The van der Waals surface area contributed by atoms with Crippen molar-refractivity contribution in [2.24, 2.45) is 5.92 Å². The summed E-state index contributed by atoms with van der Waals surface area (Å²) in [6, 6.07) is 0.281. The van der Waals surface area contributed by atoms with Gasteiger partial charge in [0.15, 0.2) is 0 Å². The van der Waals surface area contributed by atoms with Gasteiger partial charge in [0.2, 0.25) is 5.91 Å². The predicted molar refractivity (Wildman–Crippen MR) is 85.7 cm³/mol. The van der Waals surface area contributed by atoms with Crippen molar-refractivity contribution in [3.05, 3.63) is 0 Å². The fourth-order valence-corrected chi connectivity index (χ4v) is 3.88. The van der Waals surface area contributed by atoms with Crippen LogP contribution in [0.2, 0.25) is 0 Å². The van der Waals surface area contributed by atoms with Gasteiger partial charge in [0.25, 0.3) is 0 Å². The quantitative estimate of drug-likeness (QED) is 0.847. The Morgan fingerprint density at radius 1 is 1.05 bits per heavy atom. The number of hydrogen-bond donors (Lipinski definition) is 1. The van der Waals surface area contributed by atoms with Crippen LogP contribution in [0.1, 0.15) is 57.8 Å². The number of hydrogen-bond acceptors (Lipinski definition) is 3. The summed E-state index contributed by atoms with van der Waals surface area (Å²) in [5.41, 5.74) is 0. The van der Waals surface area contributed by atoms with Crippen molar-refractivity contribution in [3.8, 4) is 0 Å². The lowest BCUT2D eigenvalue weighted by molar-refractivity contribution is -0.138. The zero-order chi connectivity index (χ0) is 15.9. The molecule has 0 aromatic carbocycles. The van der Waals surface area contributed by atoms with Gasteiger partial charge >= 0.3 is 5.97 Å². The SMILES string of the molecule is CN(CC(=O)O)C1CCCN(C(=O)CC2CCCCC2)CC1. The van der Waals surface area contributed by atoms with Crippen LogP contribution >= 0.6 is 0 Å². The zero-order valence-corrected chi connectivity index (χ0v) is 13.8. The van der Waals surface area contributed by atoms with Crippen LogP contribution < -0.4 is 0 Å². The van der Waals surface area contributed by atoms with Crippen LogP contribution in [0, 0.1) is 5.92 Å². The summed E-state index contributed by atoms with van der Waals surface area (Å²) in [5.74, 6) is 0.125. The van der Waals surface area contributed by atoms with Crippen molar-refractivity contribution in [2.75, 3.05) is 26.7 Å². The molecule has 1 aliphatic heterocycles. The average molecular weight is 310 g/mol. The molecule has 1 amide bonds. The van der Waals surface area contributed by atoms with Crippen molar-refractivity contribution >= 4 is 11.9 Å². The molecule has 1 unspecified atom stereocenters. The van der Waals surface area contributed by atoms with E-state index in [9.17, 15) is 9.59 Å². The molecule has 1 atom stereocenters. The van der Waals surface area contributed by atoms with Gasteiger partial charge in [0, 0.05) is 25.6 Å². The summed E-state index contributed by atoms with van der Waals surface area (Å²) in [6.45, 7) is 1.70. The van der Waals surface area contributed by atoms with Gasteiger partial charge in [-0.05, 0) is 45.1 Å². The Balaban J connectivity index is 1.78. The van der Waals surface area contributed by atoms with E-state index in [0.717, 1.165) is 38.8 Å². The number of carboxylic acid groups (broad SMARTS) is 1. The minimum absolute atomic E-state index is 0.0840. The summed E-state index contributed by atoms with van der Waals surface area (Å²) in [4.78, 5) is 27.2. The Hall–Kier alpha value is -1.10. The van der Waals surface area contributed by atoms with Gasteiger partial charge in [-0.15, -0.1) is 0 Å². The molecule has 2 fully saturated rings. The largest absolute Gasteiger partial charge is 0.480 e. The number of amides is 1. The lowest BCUT2D eigenvalue weighted by Gasteiger charge is -2.27. The Bertz CT molecular complexity index is 380. The first kappa shape index (κ1) is 17.3. The van der Waals surface area contributed by atoms with Gasteiger partial charge in [-0.1, -0.05) is 19.3 Å². The van der Waals surface area contributed by atoms with E-state index in [4.69, 9.17) is 5.11 Å². The number of nitrogens with zero attached hydrogens (tertiary/aromatic N) is 2. The molecule has 0 radical (unpaired) electrons. The second-order valence-corrected chi connectivity index (χ2v) is 6.98. The number of aliphatic carboxylic acids is 1. The van der Waals surface area contributed by atoms with E-state index in [2.05, 4.69) is 0 Å². The zero-order valence-electron chi connectivity index (χ0n) is 13.8. The lowest BCUT2D eigenvalue weighted by atomic mass is 9.86. The monoisotopic (exact) mass is 310 g/mol. The summed E-state index contributed by atoms with van der Waals surface area (Å²) < 4.78 is 0. The van der Waals surface area contributed by atoms with E-state index in [0.29, 0.717) is 11.8 Å². The first-order valence-electron chi connectivity index (χ1n) is 8.76. The molecule has 2 rings (SSSR count). The molecule has 22 heavy (non-hydrogen) atoms. The molecule has 1 aliphatic carbocycles. The molecule has 126 valence electrons. The Morgan fingerprint density at radius 2 is 1.77 bits per heavy atom. The molecular formula is C17H30N2O3. The van der Waals surface area contributed by atoms with Crippen LogP contribution in [0.25, 0.3) is 0 Å². The highest BCUT2D eigenvalue weighted by atomic mass is 16.4. The molecule has 1 saturated carbocycles. The van der Waals surface area contributed by atoms with Gasteiger partial charge in [-0.3, -0.25) is 14.5 Å². The molecule has 5 nitrogen and oxygen atoms in total. The van der Waals surface area contributed by atoms with E-state index in [1.165, 1.54) is 32.1 Å². The smallest absolute Gasteiger partial charge is 0.317 e. The number of rotatable bonds is 5. The molecule has 0 spiro atoms. The van der Waals surface area contributed by atoms with Crippen molar-refractivity contribution in [1.82, 2.24) is 9.80 Å². The molecule has 0 bridgehead atoms. The minimum Gasteiger partial charge on any atom is -0.480 e. The number of carbonyl (C=O) groups is 2. The van der Waals surface area contributed by atoms with Crippen LogP contribution in [0.5, 0.6) is 0 Å². The van der Waals surface area contributed by atoms with Crippen molar-refractivity contribution in [3.63, 3.8) is 0 Å². The number of carboxylic acids is 1. The first-order chi connectivity index (χ1) is 10.6. The molecule has 2 aliphatic rings. The van der Waals surface area contributed by atoms with Crippen LogP contribution in [0.15, 0.2) is 0 Å². The standard InChI is InChI=1S/C17H30N2O3/c1-18(13-17(21)22)15-8-5-10-19(11-9-15)16(20)12-14-6-3-2-4-7-14/h14-15H,2-13H2,1H3,(H,21,22). The molecule has 1 N–H and O–H groups in total. The third-order valence-corrected chi connectivity index (χ3v) is 5.25. The Kier molecular flexibility index (Phi) is 6.68. The molecule has 5 heteroatoms. The van der Waals surface area contributed by atoms with E-state index in [1.54, 1.807) is 0 Å². The summed E-state index contributed by atoms with van der Waals surface area (Å²) in [6.07, 6.45) is 9.87. The van der Waals surface area contributed by atoms with Crippen LogP contribution in [-0.2, 0) is 9.59 Å². The predicted octanol–water partition coefficient (Wildman–Crippen LogP) is 2.35. The third-order valence-electron chi connectivity index (χ3n) is 5.25. The third kappa shape index (κ3) is 5.27. The number of likely N-dealkylation sites (N-methyl/N-ethyl adjacent to an activating group) is 1. The second-order valence-electron chi connectivity index (χ2n) is 6.98. The fraction of sp³-hybridized carbons (Fsp3) is 0.882. The van der Waals surface area contributed by atoms with E-state index >= 15 is 0 Å². The normalized spacial score (nSPS) is 24.3. The molecule has 0 aromatic rings. The molecule has 1 saturated heterocycles. The van der Waals surface area contributed by atoms with Crippen molar-refractivity contribution in [1.29, 1.82) is 0 Å². The summed E-state index contributed by atoms with van der Waals surface area (Å²) in [5, 5.41) is 8.90. The minimum atomic E-state index is -0.781. The number of likely N-dealkylation sites (tertiary alicyclic amines) is 1. The Morgan fingerprint density at radius 3 is 2.45 bits per heavy atom. The van der Waals surface area contributed by atoms with Gasteiger partial charge < -0.3 is 10.0 Å². The van der Waals surface area contributed by atoms with E-state index in [-0.39, 0.29) is 12.6 Å². The maximum absolute atomic E-state index is 12.5. The lowest BCUT2D eigenvalue weighted by Crippen LogP contribution is -2.37. The first-order valence-corrected chi connectivity index (χ1v) is 8.76. The summed E-state index contributed by atoms with van der Waals surface area (Å²) in [7, 11) is 1.87. The topological polar surface area (TPSA) is 60.9 Å². The molecule has 1 heterocycles. The highest BCUT2D eigenvalue weighted by molar-refractivity contribution is 5.76. The van der Waals surface area contributed by atoms with Gasteiger partial charge in [0.1, 0.15) is 0 Å². The molecular weight excluding hydrogens is 280 g/mol. The summed E-state index contributed by atoms with van der Waals surface area (Å²) >= 11 is 0. The highest BCUT2D eigenvalue weighted by Crippen LogP contribution is 2.27. The van der Waals surface area contributed by atoms with Crippen LogP contribution in [-0.4, -0.2) is 59.5 Å². The average Bonchev–Trinajstić information content (AvgIpc) is 2.73. The van der Waals surface area contributed by atoms with Gasteiger partial charge in [-0.2, -0.15) is 0 Å². The highest BCUT2D eigenvalue weighted by Gasteiger charge is 2.25. The van der Waals surface area contributed by atoms with Crippen molar-refractivity contribution < 1.29 is 14.7 Å². The van der Waals surface area contributed by atoms with E-state index < -0.39 is 5.97 Å². The van der Waals surface area contributed by atoms with Crippen molar-refractivity contribution in [2.45, 2.75) is 63.8 Å². The van der Waals surface area contributed by atoms with Crippen LogP contribution in [0.3, 0.4) is 0 Å². The van der Waals surface area contributed by atoms with Gasteiger partial charge in [0.05, 0.1) is 6.54 Å². The fourth-order valence-electron chi connectivity index (χ4n) is 3.88. The molecule has 0 aromatic heterocycles. The maximum Gasteiger partial charge on any atom is 0.317 e. The second kappa shape index (κ2) is 8.51.